The zero-order chi connectivity index (χ0) is 20.0. The number of hydrogen-bond donors (Lipinski definition) is 2. The summed E-state index contributed by atoms with van der Waals surface area (Å²) >= 11 is 7.18. The molecule has 0 radical (unpaired) electrons. The Morgan fingerprint density at radius 3 is 2.85 bits per heavy atom. The van der Waals surface area contributed by atoms with Gasteiger partial charge in [-0.2, -0.15) is 0 Å². The molecule has 1 aromatic carbocycles. The molecule has 27 heavy (non-hydrogen) atoms. The average Bonchev–Trinajstić information content (AvgIpc) is 2.64. The van der Waals surface area contributed by atoms with Crippen LogP contribution in [0.1, 0.15) is 16.1 Å². The van der Waals surface area contributed by atoms with E-state index in [1.807, 2.05) is 0 Å². The first-order chi connectivity index (χ1) is 12.8. The van der Waals surface area contributed by atoms with Crippen LogP contribution >= 0.6 is 23.4 Å². The van der Waals surface area contributed by atoms with Crippen LogP contribution in [-0.4, -0.2) is 37.2 Å². The molecule has 2 aromatic rings. The first-order valence-electron chi connectivity index (χ1n) is 7.48. The molecule has 2 N–H and O–H groups in total. The lowest BCUT2D eigenvalue weighted by atomic mass is 10.2. The average molecular weight is 430 g/mol. The number of sulfonamides is 1. The Morgan fingerprint density at radius 1 is 1.44 bits per heavy atom. The highest BCUT2D eigenvalue weighted by atomic mass is 35.5. The van der Waals surface area contributed by atoms with Crippen LogP contribution in [0.25, 0.3) is 0 Å². The molecule has 0 atom stereocenters. The van der Waals surface area contributed by atoms with Gasteiger partial charge in [0.05, 0.1) is 16.3 Å². The van der Waals surface area contributed by atoms with Crippen molar-refractivity contribution >= 4 is 39.4 Å². The summed E-state index contributed by atoms with van der Waals surface area (Å²) in [7, 11) is -3.91. The molecule has 0 bridgehead atoms. The number of aromatic amines is 1. The highest BCUT2D eigenvalue weighted by Gasteiger charge is 2.20. The number of carbonyl (C=O) groups is 1. The lowest BCUT2D eigenvalue weighted by Crippen LogP contribution is -2.24. The van der Waals surface area contributed by atoms with Gasteiger partial charge in [0.25, 0.3) is 5.56 Å². The first kappa shape index (κ1) is 21.2. The highest BCUT2D eigenvalue weighted by Crippen LogP contribution is 2.23. The summed E-state index contributed by atoms with van der Waals surface area (Å²) in [5, 5.41) is 0.352. The highest BCUT2D eigenvalue weighted by molar-refractivity contribution is 7.98. The van der Waals surface area contributed by atoms with Gasteiger partial charge in [-0.05, 0) is 24.5 Å². The van der Waals surface area contributed by atoms with E-state index in [1.54, 1.807) is 6.26 Å². The van der Waals surface area contributed by atoms with Crippen molar-refractivity contribution in [1.29, 1.82) is 0 Å². The van der Waals surface area contributed by atoms with Crippen molar-refractivity contribution in [3.8, 4) is 0 Å². The van der Waals surface area contributed by atoms with Crippen LogP contribution in [0.5, 0.6) is 0 Å². The first-order valence-corrected chi connectivity index (χ1v) is 10.6. The third-order valence-corrected chi connectivity index (χ3v) is 5.68. The van der Waals surface area contributed by atoms with E-state index >= 15 is 0 Å². The van der Waals surface area contributed by atoms with Gasteiger partial charge in [0.15, 0.2) is 5.16 Å². The number of ether oxygens (including phenoxy) is 1. The van der Waals surface area contributed by atoms with E-state index in [2.05, 4.69) is 21.3 Å². The quantitative estimate of drug-likeness (QED) is 0.285. The molecule has 8 nitrogen and oxygen atoms in total. The standard InChI is InChI=1S/C16H16ClN3O5S2/c1-3-6-18-27(23,24)13-7-10(4-5-12(13)17)15(22)25-9-11-8-14(21)20-16(19-11)26-2/h3-5,7-8,18H,1,6,9H2,2H3,(H,19,20,21). The zero-order valence-corrected chi connectivity index (χ0v) is 16.6. The zero-order valence-electron chi connectivity index (χ0n) is 14.2. The molecule has 11 heteroatoms. The molecule has 0 fully saturated rings. The largest absolute Gasteiger partial charge is 0.456 e. The summed E-state index contributed by atoms with van der Waals surface area (Å²) in [6.45, 7) is 3.20. The minimum Gasteiger partial charge on any atom is -0.456 e. The Bertz CT molecular complexity index is 1020. The van der Waals surface area contributed by atoms with Crippen LogP contribution in [0.3, 0.4) is 0 Å². The van der Waals surface area contributed by atoms with Crippen LogP contribution in [0.2, 0.25) is 5.02 Å². The summed E-state index contributed by atoms with van der Waals surface area (Å²) in [5.41, 5.74) is -0.104. The van der Waals surface area contributed by atoms with Crippen LogP contribution in [0.4, 0.5) is 0 Å². The second-order valence-electron chi connectivity index (χ2n) is 5.11. The van der Waals surface area contributed by atoms with Gasteiger partial charge in [-0.1, -0.05) is 29.4 Å². The maximum absolute atomic E-state index is 12.2. The number of nitrogens with one attached hydrogen (secondary N) is 2. The SMILES string of the molecule is C=CCNS(=O)(=O)c1cc(C(=O)OCc2cc(=O)[nH]c(SC)n2)ccc1Cl. The topological polar surface area (TPSA) is 118 Å². The summed E-state index contributed by atoms with van der Waals surface area (Å²) < 4.78 is 31.9. The number of nitrogens with zero attached hydrogens (tertiary/aromatic N) is 1. The normalized spacial score (nSPS) is 11.2. The van der Waals surface area contributed by atoms with Crippen molar-refractivity contribution in [3.63, 3.8) is 0 Å². The number of H-pyrrole nitrogens is 1. The molecule has 0 saturated carbocycles. The number of thioether (sulfide) groups is 1. The molecule has 0 unspecified atom stereocenters. The van der Waals surface area contributed by atoms with Crippen LogP contribution in [0, 0.1) is 0 Å². The molecular formula is C16H16ClN3O5S2. The van der Waals surface area contributed by atoms with Gasteiger partial charge in [-0.15, -0.1) is 6.58 Å². The van der Waals surface area contributed by atoms with E-state index in [4.69, 9.17) is 16.3 Å². The van der Waals surface area contributed by atoms with Crippen molar-refractivity contribution in [2.75, 3.05) is 12.8 Å². The van der Waals surface area contributed by atoms with Gasteiger partial charge in [-0.25, -0.2) is 22.9 Å². The third kappa shape index (κ3) is 5.67. The Morgan fingerprint density at radius 2 is 2.19 bits per heavy atom. The van der Waals surface area contributed by atoms with E-state index in [1.165, 1.54) is 36.0 Å². The van der Waals surface area contributed by atoms with Crippen molar-refractivity contribution in [3.05, 3.63) is 63.6 Å². The molecule has 1 aromatic heterocycles. The molecule has 144 valence electrons. The number of hydrogen-bond acceptors (Lipinski definition) is 7. The van der Waals surface area contributed by atoms with E-state index in [0.29, 0.717) is 5.16 Å². The van der Waals surface area contributed by atoms with Crippen LogP contribution < -0.4 is 10.3 Å². The lowest BCUT2D eigenvalue weighted by molar-refractivity contribution is 0.0466. The molecule has 0 saturated heterocycles. The predicted octanol–water partition coefficient (Wildman–Crippen LogP) is 1.97. The van der Waals surface area contributed by atoms with Gasteiger partial charge in [0.2, 0.25) is 10.0 Å². The van der Waals surface area contributed by atoms with Gasteiger partial charge < -0.3 is 9.72 Å². The maximum atomic E-state index is 12.2. The number of esters is 1. The molecule has 0 aliphatic carbocycles. The molecule has 0 aliphatic heterocycles. The summed E-state index contributed by atoms with van der Waals surface area (Å²) in [5.74, 6) is -0.778. The number of benzene rings is 1. The Balaban J connectivity index is 2.20. The molecule has 1 heterocycles. The fraction of sp³-hybridized carbons (Fsp3) is 0.188. The molecule has 0 amide bonds. The van der Waals surface area contributed by atoms with E-state index < -0.39 is 16.0 Å². The molecular weight excluding hydrogens is 414 g/mol. The third-order valence-electron chi connectivity index (χ3n) is 3.19. The Kier molecular flexibility index (Phi) is 7.19. The van der Waals surface area contributed by atoms with Gasteiger partial charge >= 0.3 is 5.97 Å². The summed E-state index contributed by atoms with van der Waals surface area (Å²) in [4.78, 5) is 30.2. The van der Waals surface area contributed by atoms with E-state index in [0.717, 1.165) is 6.07 Å². The second-order valence-corrected chi connectivity index (χ2v) is 8.05. The molecule has 0 spiro atoms. The van der Waals surface area contributed by atoms with Crippen LogP contribution in [-0.2, 0) is 21.4 Å². The van der Waals surface area contributed by atoms with E-state index in [-0.39, 0.29) is 39.9 Å². The lowest BCUT2D eigenvalue weighted by Gasteiger charge is -2.09. The fourth-order valence-corrected chi connectivity index (χ4v) is 3.89. The Labute approximate surface area is 165 Å². The summed E-state index contributed by atoms with van der Waals surface area (Å²) in [6, 6.07) is 4.96. The molecule has 2 rings (SSSR count). The van der Waals surface area contributed by atoms with Gasteiger partial charge in [0, 0.05) is 12.6 Å². The van der Waals surface area contributed by atoms with Crippen LogP contribution in [0.15, 0.2) is 51.8 Å². The Hall–Kier alpha value is -2.14. The maximum Gasteiger partial charge on any atom is 0.338 e. The van der Waals surface area contributed by atoms with E-state index in [9.17, 15) is 18.0 Å². The number of rotatable bonds is 8. The van der Waals surface area contributed by atoms with Gasteiger partial charge in [-0.3, -0.25) is 4.79 Å². The monoisotopic (exact) mass is 429 g/mol. The second kappa shape index (κ2) is 9.18. The number of halogens is 1. The fourth-order valence-electron chi connectivity index (χ4n) is 1.96. The number of carbonyl (C=O) groups excluding carboxylic acids is 1. The molecule has 0 aliphatic rings. The smallest absolute Gasteiger partial charge is 0.338 e. The summed E-state index contributed by atoms with van der Waals surface area (Å²) in [6.07, 6.45) is 3.12. The van der Waals surface area contributed by atoms with Crippen molar-refractivity contribution < 1.29 is 17.9 Å². The minimum atomic E-state index is -3.91. The predicted molar refractivity (Wildman–Crippen MR) is 103 cm³/mol. The van der Waals surface area contributed by atoms with Crippen molar-refractivity contribution in [2.24, 2.45) is 0 Å². The van der Waals surface area contributed by atoms with Gasteiger partial charge in [0.1, 0.15) is 11.5 Å². The number of aromatic nitrogens is 2. The van der Waals surface area contributed by atoms with Crippen molar-refractivity contribution in [1.82, 2.24) is 14.7 Å². The minimum absolute atomic E-state index is 0.00620. The van der Waals surface area contributed by atoms with Crippen molar-refractivity contribution in [2.45, 2.75) is 16.7 Å².